The third kappa shape index (κ3) is 2.26. The predicted octanol–water partition coefficient (Wildman–Crippen LogP) is 1.67. The number of benzene rings is 1. The Morgan fingerprint density at radius 2 is 2.23 bits per heavy atom. The predicted molar refractivity (Wildman–Crippen MR) is 48.7 cm³/mol. The molecule has 1 atom stereocenters. The molecule has 0 spiro atoms. The summed E-state index contributed by atoms with van der Waals surface area (Å²) in [5.41, 5.74) is 5.52. The number of nitrogens with two attached hydrogens (primary N) is 1. The van der Waals surface area contributed by atoms with Crippen molar-refractivity contribution < 1.29 is 14.3 Å². The first-order valence-corrected chi connectivity index (χ1v) is 4.25. The number of hydrogen-bond donors (Lipinski definition) is 2. The maximum atomic E-state index is 12.9. The molecule has 0 bridgehead atoms. The molecule has 70 valence electrons. The highest BCUT2D eigenvalue weighted by molar-refractivity contribution is 9.10. The van der Waals surface area contributed by atoms with Gasteiger partial charge in [-0.15, -0.1) is 0 Å². The summed E-state index contributed by atoms with van der Waals surface area (Å²) in [6.07, 6.45) is 0. The Morgan fingerprint density at radius 3 is 2.69 bits per heavy atom. The summed E-state index contributed by atoms with van der Waals surface area (Å²) < 4.78 is 13.2. The normalized spacial score (nSPS) is 12.5. The fraction of sp³-hybridized carbons (Fsp3) is 0.125. The number of carbonyl (C=O) groups is 1. The highest BCUT2D eigenvalue weighted by atomic mass is 79.9. The molecule has 3 nitrogen and oxygen atoms in total. The minimum Gasteiger partial charge on any atom is -0.480 e. The quantitative estimate of drug-likeness (QED) is 0.836. The van der Waals surface area contributed by atoms with Gasteiger partial charge in [0.25, 0.3) is 0 Å². The molecular formula is C8H7BrFNO2. The second kappa shape index (κ2) is 3.85. The molecule has 0 unspecified atom stereocenters. The molecule has 13 heavy (non-hydrogen) atoms. The number of carboxylic acid groups (broad SMARTS) is 1. The third-order valence-electron chi connectivity index (χ3n) is 1.57. The van der Waals surface area contributed by atoms with Gasteiger partial charge < -0.3 is 10.8 Å². The zero-order valence-electron chi connectivity index (χ0n) is 6.50. The summed E-state index contributed by atoms with van der Waals surface area (Å²) in [7, 11) is 0. The van der Waals surface area contributed by atoms with Crippen LogP contribution in [0.1, 0.15) is 11.6 Å². The van der Waals surface area contributed by atoms with E-state index in [4.69, 9.17) is 10.8 Å². The van der Waals surface area contributed by atoms with Crippen molar-refractivity contribution in [2.45, 2.75) is 6.04 Å². The van der Waals surface area contributed by atoms with Crippen LogP contribution in [-0.2, 0) is 4.79 Å². The molecule has 0 saturated carbocycles. The zero-order chi connectivity index (χ0) is 10.0. The molecule has 3 N–H and O–H groups in total. The van der Waals surface area contributed by atoms with E-state index in [1.165, 1.54) is 12.1 Å². The number of rotatable bonds is 2. The molecule has 0 amide bonds. The Kier molecular flexibility index (Phi) is 3.00. The van der Waals surface area contributed by atoms with Crippen LogP contribution in [0.5, 0.6) is 0 Å². The van der Waals surface area contributed by atoms with Crippen LogP contribution in [0, 0.1) is 5.82 Å². The largest absolute Gasteiger partial charge is 0.480 e. The smallest absolute Gasteiger partial charge is 0.325 e. The van der Waals surface area contributed by atoms with E-state index in [2.05, 4.69) is 15.9 Å². The van der Waals surface area contributed by atoms with Crippen LogP contribution >= 0.6 is 15.9 Å². The van der Waals surface area contributed by atoms with Gasteiger partial charge in [0.05, 0.1) is 4.47 Å². The minimum absolute atomic E-state index is 0.244. The molecule has 0 saturated heterocycles. The summed E-state index contributed by atoms with van der Waals surface area (Å²) in [6.45, 7) is 0. The first-order valence-electron chi connectivity index (χ1n) is 3.45. The monoisotopic (exact) mass is 247 g/mol. The van der Waals surface area contributed by atoms with Gasteiger partial charge in [0.1, 0.15) is 11.9 Å². The summed E-state index contributed by atoms with van der Waals surface area (Å²) in [6, 6.07) is 2.81. The van der Waals surface area contributed by atoms with Crippen molar-refractivity contribution in [1.29, 1.82) is 0 Å². The van der Waals surface area contributed by atoms with E-state index in [1.807, 2.05) is 0 Å². The Labute approximate surface area is 82.5 Å². The van der Waals surface area contributed by atoms with Gasteiger partial charge in [-0.2, -0.15) is 0 Å². The number of halogens is 2. The summed E-state index contributed by atoms with van der Waals surface area (Å²) in [4.78, 5) is 10.4. The van der Waals surface area contributed by atoms with Gasteiger partial charge in [-0.25, -0.2) is 4.39 Å². The first kappa shape index (κ1) is 10.1. The lowest BCUT2D eigenvalue weighted by atomic mass is 10.1. The van der Waals surface area contributed by atoms with Crippen molar-refractivity contribution >= 4 is 21.9 Å². The topological polar surface area (TPSA) is 63.3 Å². The average Bonchev–Trinajstić information content (AvgIpc) is 2.08. The van der Waals surface area contributed by atoms with Crippen molar-refractivity contribution in [3.05, 3.63) is 34.1 Å². The highest BCUT2D eigenvalue weighted by Crippen LogP contribution is 2.19. The number of carboxylic acids is 1. The van der Waals surface area contributed by atoms with Crippen LogP contribution in [0.25, 0.3) is 0 Å². The SMILES string of the molecule is N[C@H](C(=O)O)c1ccc(Br)c(F)c1. The van der Waals surface area contributed by atoms with E-state index >= 15 is 0 Å². The third-order valence-corrected chi connectivity index (χ3v) is 2.21. The highest BCUT2D eigenvalue weighted by Gasteiger charge is 2.15. The maximum absolute atomic E-state index is 12.9. The second-order valence-corrected chi connectivity index (χ2v) is 3.34. The van der Waals surface area contributed by atoms with E-state index < -0.39 is 17.8 Å². The fourth-order valence-corrected chi connectivity index (χ4v) is 1.10. The molecule has 0 radical (unpaired) electrons. The van der Waals surface area contributed by atoms with E-state index in [9.17, 15) is 9.18 Å². The van der Waals surface area contributed by atoms with Crippen LogP contribution in [0.4, 0.5) is 4.39 Å². The van der Waals surface area contributed by atoms with Crippen LogP contribution in [0.3, 0.4) is 0 Å². The second-order valence-electron chi connectivity index (χ2n) is 2.49. The fourth-order valence-electron chi connectivity index (χ4n) is 0.848. The van der Waals surface area contributed by atoms with E-state index in [-0.39, 0.29) is 10.0 Å². The van der Waals surface area contributed by atoms with Crippen molar-refractivity contribution in [2.24, 2.45) is 5.73 Å². The number of aliphatic carboxylic acids is 1. The Balaban J connectivity index is 3.03. The molecule has 5 heteroatoms. The van der Waals surface area contributed by atoms with Crippen LogP contribution in [0.2, 0.25) is 0 Å². The summed E-state index contributed by atoms with van der Waals surface area (Å²) in [5.74, 6) is -1.70. The van der Waals surface area contributed by atoms with Gasteiger partial charge in [0.2, 0.25) is 0 Å². The standard InChI is InChI=1S/C8H7BrFNO2/c9-5-2-1-4(3-6(5)10)7(11)8(12)13/h1-3,7H,11H2,(H,12,13)/t7-/m0/s1. The van der Waals surface area contributed by atoms with Gasteiger partial charge in [-0.05, 0) is 33.6 Å². The summed E-state index contributed by atoms with van der Waals surface area (Å²) >= 11 is 2.95. The minimum atomic E-state index is -1.18. The maximum Gasteiger partial charge on any atom is 0.325 e. The van der Waals surface area contributed by atoms with E-state index in [1.54, 1.807) is 0 Å². The van der Waals surface area contributed by atoms with Crippen LogP contribution < -0.4 is 5.73 Å². The molecule has 0 aliphatic carbocycles. The Bertz CT molecular complexity index is 343. The van der Waals surface area contributed by atoms with E-state index in [0.717, 1.165) is 6.07 Å². The lowest BCUT2D eigenvalue weighted by Gasteiger charge is -2.06. The molecule has 0 fully saturated rings. The molecule has 1 aromatic rings. The molecular weight excluding hydrogens is 241 g/mol. The zero-order valence-corrected chi connectivity index (χ0v) is 8.08. The molecule has 0 aliphatic heterocycles. The van der Waals surface area contributed by atoms with Crippen LogP contribution in [0.15, 0.2) is 22.7 Å². The lowest BCUT2D eigenvalue weighted by Crippen LogP contribution is -2.20. The molecule has 0 heterocycles. The molecule has 0 aliphatic rings. The molecule has 1 aromatic carbocycles. The molecule has 0 aromatic heterocycles. The van der Waals surface area contributed by atoms with Crippen molar-refractivity contribution in [2.75, 3.05) is 0 Å². The Hall–Kier alpha value is -0.940. The van der Waals surface area contributed by atoms with Crippen LogP contribution in [-0.4, -0.2) is 11.1 Å². The van der Waals surface area contributed by atoms with Crippen molar-refractivity contribution in [3.8, 4) is 0 Å². The lowest BCUT2D eigenvalue weighted by molar-refractivity contribution is -0.138. The van der Waals surface area contributed by atoms with Crippen molar-refractivity contribution in [3.63, 3.8) is 0 Å². The molecule has 1 rings (SSSR count). The Morgan fingerprint density at radius 1 is 1.62 bits per heavy atom. The number of hydrogen-bond acceptors (Lipinski definition) is 2. The van der Waals surface area contributed by atoms with Gasteiger partial charge in [-0.3, -0.25) is 4.79 Å². The van der Waals surface area contributed by atoms with Gasteiger partial charge >= 0.3 is 5.97 Å². The first-order chi connectivity index (χ1) is 6.02. The van der Waals surface area contributed by atoms with Crippen molar-refractivity contribution in [1.82, 2.24) is 0 Å². The van der Waals surface area contributed by atoms with Gasteiger partial charge in [-0.1, -0.05) is 6.07 Å². The van der Waals surface area contributed by atoms with Gasteiger partial charge in [0.15, 0.2) is 0 Å². The van der Waals surface area contributed by atoms with Gasteiger partial charge in [0, 0.05) is 0 Å². The average molecular weight is 248 g/mol. The summed E-state index contributed by atoms with van der Waals surface area (Å²) in [5, 5.41) is 8.54. The van der Waals surface area contributed by atoms with E-state index in [0.29, 0.717) is 0 Å².